The fraction of sp³-hybridized carbons (Fsp3) is 0.273. The van der Waals surface area contributed by atoms with Gasteiger partial charge in [-0.25, -0.2) is 9.97 Å². The van der Waals surface area contributed by atoms with Gasteiger partial charge >= 0.3 is 0 Å². The number of nitrogens with zero attached hydrogens (tertiary/aromatic N) is 3. The molecule has 0 spiro atoms. The Balaban J connectivity index is 2.19. The molecule has 0 unspecified atom stereocenters. The zero-order chi connectivity index (χ0) is 10.5. The third-order valence-electron chi connectivity index (χ3n) is 2.10. The van der Waals surface area contributed by atoms with Crippen molar-refractivity contribution in [3.05, 3.63) is 37.1 Å². The molecule has 2 rings (SSSR count). The molecule has 4 nitrogen and oxygen atoms in total. The predicted molar refractivity (Wildman–Crippen MR) is 60.1 cm³/mol. The van der Waals surface area contributed by atoms with Gasteiger partial charge in [0.25, 0.3) is 0 Å². The Labute approximate surface area is 89.0 Å². The smallest absolute Gasteiger partial charge is 0.127 e. The van der Waals surface area contributed by atoms with Crippen molar-refractivity contribution in [2.45, 2.75) is 13.3 Å². The first-order chi connectivity index (χ1) is 7.40. The Morgan fingerprint density at radius 1 is 1.40 bits per heavy atom. The summed E-state index contributed by atoms with van der Waals surface area (Å²) in [5.41, 5.74) is 1.07. The highest BCUT2D eigenvalue weighted by Crippen LogP contribution is 2.10. The minimum absolute atomic E-state index is 0.906. The number of hydrogen-bond acceptors (Lipinski definition) is 3. The van der Waals surface area contributed by atoms with E-state index in [1.807, 2.05) is 22.9 Å². The summed E-state index contributed by atoms with van der Waals surface area (Å²) in [6.45, 7) is 3.08. The molecule has 78 valence electrons. The average molecular weight is 202 g/mol. The summed E-state index contributed by atoms with van der Waals surface area (Å²) in [6.07, 6.45) is 8.35. The summed E-state index contributed by atoms with van der Waals surface area (Å²) in [6, 6.07) is 3.97. The van der Waals surface area contributed by atoms with Gasteiger partial charge in [-0.2, -0.15) is 0 Å². The van der Waals surface area contributed by atoms with Crippen LogP contribution in [0.5, 0.6) is 0 Å². The number of nitrogens with one attached hydrogen (secondary N) is 1. The van der Waals surface area contributed by atoms with Gasteiger partial charge in [-0.05, 0) is 12.5 Å². The summed E-state index contributed by atoms with van der Waals surface area (Å²) < 4.78 is 1.96. The lowest BCUT2D eigenvalue weighted by Gasteiger charge is -2.06. The van der Waals surface area contributed by atoms with E-state index in [0.29, 0.717) is 0 Å². The zero-order valence-electron chi connectivity index (χ0n) is 8.72. The van der Waals surface area contributed by atoms with E-state index in [2.05, 4.69) is 22.2 Å². The molecule has 0 radical (unpaired) electrons. The molecular weight excluding hydrogens is 188 g/mol. The highest BCUT2D eigenvalue weighted by atomic mass is 15.0. The maximum atomic E-state index is 4.24. The normalized spacial score (nSPS) is 10.2. The van der Waals surface area contributed by atoms with E-state index in [4.69, 9.17) is 0 Å². The van der Waals surface area contributed by atoms with E-state index >= 15 is 0 Å². The number of rotatable bonds is 4. The molecule has 0 saturated carbocycles. The largest absolute Gasteiger partial charge is 0.370 e. The van der Waals surface area contributed by atoms with Crippen LogP contribution in [0.3, 0.4) is 0 Å². The molecule has 2 aromatic heterocycles. The first-order valence-corrected chi connectivity index (χ1v) is 5.08. The molecule has 0 amide bonds. The van der Waals surface area contributed by atoms with Crippen molar-refractivity contribution in [1.29, 1.82) is 0 Å². The van der Waals surface area contributed by atoms with Gasteiger partial charge in [0.1, 0.15) is 5.82 Å². The van der Waals surface area contributed by atoms with Crippen LogP contribution >= 0.6 is 0 Å². The Kier molecular flexibility index (Phi) is 2.97. The molecule has 15 heavy (non-hydrogen) atoms. The molecule has 1 N–H and O–H groups in total. The lowest BCUT2D eigenvalue weighted by molar-refractivity contribution is 0.965. The van der Waals surface area contributed by atoms with Crippen molar-refractivity contribution in [3.8, 4) is 5.69 Å². The van der Waals surface area contributed by atoms with Crippen molar-refractivity contribution in [3.63, 3.8) is 0 Å². The molecule has 0 atom stereocenters. The van der Waals surface area contributed by atoms with E-state index in [0.717, 1.165) is 24.5 Å². The lowest BCUT2D eigenvalue weighted by atomic mass is 10.3. The van der Waals surface area contributed by atoms with Crippen molar-refractivity contribution in [2.24, 2.45) is 0 Å². The van der Waals surface area contributed by atoms with Gasteiger partial charge in [-0.1, -0.05) is 6.92 Å². The van der Waals surface area contributed by atoms with Crippen molar-refractivity contribution >= 4 is 5.82 Å². The fourth-order valence-corrected chi connectivity index (χ4v) is 1.34. The second-order valence-corrected chi connectivity index (χ2v) is 3.30. The number of hydrogen-bond donors (Lipinski definition) is 1. The van der Waals surface area contributed by atoms with E-state index < -0.39 is 0 Å². The molecule has 0 fully saturated rings. The minimum Gasteiger partial charge on any atom is -0.370 e. The van der Waals surface area contributed by atoms with Gasteiger partial charge in [0.05, 0.1) is 12.0 Å². The van der Waals surface area contributed by atoms with Gasteiger partial charge in [0, 0.05) is 31.2 Å². The van der Waals surface area contributed by atoms with Gasteiger partial charge in [0.15, 0.2) is 0 Å². The third-order valence-corrected chi connectivity index (χ3v) is 2.10. The molecule has 2 heterocycles. The summed E-state index contributed by atoms with van der Waals surface area (Å²) in [5.74, 6) is 0.906. The first kappa shape index (κ1) is 9.71. The van der Waals surface area contributed by atoms with Crippen LogP contribution in [0.1, 0.15) is 13.3 Å². The van der Waals surface area contributed by atoms with Crippen LogP contribution in [-0.4, -0.2) is 21.1 Å². The Bertz CT molecular complexity index is 408. The first-order valence-electron chi connectivity index (χ1n) is 5.08. The molecule has 0 aliphatic rings. The van der Waals surface area contributed by atoms with E-state index in [9.17, 15) is 0 Å². The van der Waals surface area contributed by atoms with Crippen LogP contribution in [-0.2, 0) is 0 Å². The van der Waals surface area contributed by atoms with Crippen LogP contribution in [0.2, 0.25) is 0 Å². The topological polar surface area (TPSA) is 42.7 Å². The van der Waals surface area contributed by atoms with Gasteiger partial charge in [0.2, 0.25) is 0 Å². The highest BCUT2D eigenvalue weighted by molar-refractivity contribution is 5.44. The van der Waals surface area contributed by atoms with E-state index in [1.165, 1.54) is 0 Å². The SMILES string of the molecule is CCCNc1cc(-n2ccnc2)ccn1. The quantitative estimate of drug-likeness (QED) is 0.825. The maximum absolute atomic E-state index is 4.24. The average Bonchev–Trinajstić information content (AvgIpc) is 2.80. The highest BCUT2D eigenvalue weighted by Gasteiger charge is 1.97. The molecule has 2 aromatic rings. The Morgan fingerprint density at radius 2 is 2.33 bits per heavy atom. The van der Waals surface area contributed by atoms with Crippen LogP contribution in [0, 0.1) is 0 Å². The molecule has 0 aromatic carbocycles. The molecule has 4 heteroatoms. The monoisotopic (exact) mass is 202 g/mol. The molecule has 0 aliphatic heterocycles. The molecule has 0 aliphatic carbocycles. The molecular formula is C11H14N4. The van der Waals surface area contributed by atoms with Crippen molar-refractivity contribution in [1.82, 2.24) is 14.5 Å². The Morgan fingerprint density at radius 3 is 3.07 bits per heavy atom. The Hall–Kier alpha value is -1.84. The number of imidazole rings is 1. The number of pyridine rings is 1. The number of anilines is 1. The van der Waals surface area contributed by atoms with Crippen molar-refractivity contribution in [2.75, 3.05) is 11.9 Å². The van der Waals surface area contributed by atoms with E-state index in [-0.39, 0.29) is 0 Å². The van der Waals surface area contributed by atoms with Crippen LogP contribution in [0.4, 0.5) is 5.82 Å². The van der Waals surface area contributed by atoms with Gasteiger partial charge < -0.3 is 9.88 Å². The zero-order valence-corrected chi connectivity index (χ0v) is 8.72. The lowest BCUT2D eigenvalue weighted by Crippen LogP contribution is -2.02. The maximum Gasteiger partial charge on any atom is 0.127 e. The van der Waals surface area contributed by atoms with E-state index in [1.54, 1.807) is 18.7 Å². The van der Waals surface area contributed by atoms with Crippen LogP contribution < -0.4 is 5.32 Å². The summed E-state index contributed by atoms with van der Waals surface area (Å²) in [5, 5.41) is 3.25. The fourth-order valence-electron chi connectivity index (χ4n) is 1.34. The summed E-state index contributed by atoms with van der Waals surface area (Å²) in [7, 11) is 0. The second kappa shape index (κ2) is 4.59. The standard InChI is InChI=1S/C11H14N4/c1-2-4-13-11-8-10(3-5-14-11)15-7-6-12-9-15/h3,5-9H,2,4H2,1H3,(H,13,14). The molecule has 0 saturated heterocycles. The van der Waals surface area contributed by atoms with Crippen LogP contribution in [0.15, 0.2) is 37.1 Å². The second-order valence-electron chi connectivity index (χ2n) is 3.30. The minimum atomic E-state index is 0.906. The summed E-state index contributed by atoms with van der Waals surface area (Å²) in [4.78, 5) is 8.25. The predicted octanol–water partition coefficient (Wildman–Crippen LogP) is 2.09. The van der Waals surface area contributed by atoms with Gasteiger partial charge in [-0.3, -0.25) is 0 Å². The summed E-state index contributed by atoms with van der Waals surface area (Å²) >= 11 is 0. The van der Waals surface area contributed by atoms with Crippen molar-refractivity contribution < 1.29 is 0 Å². The number of aromatic nitrogens is 3. The molecule has 0 bridgehead atoms. The van der Waals surface area contributed by atoms with Gasteiger partial charge in [-0.15, -0.1) is 0 Å². The third kappa shape index (κ3) is 2.34. The van der Waals surface area contributed by atoms with Crippen LogP contribution in [0.25, 0.3) is 5.69 Å².